The van der Waals surface area contributed by atoms with Gasteiger partial charge in [0.15, 0.2) is 0 Å². The van der Waals surface area contributed by atoms with E-state index in [1.54, 1.807) is 6.92 Å². The molecule has 2 heterocycles. The van der Waals surface area contributed by atoms with E-state index in [-0.39, 0.29) is 16.7 Å². The zero-order valence-electron chi connectivity index (χ0n) is 16.1. The van der Waals surface area contributed by atoms with E-state index in [2.05, 4.69) is 31.1 Å². The zero-order chi connectivity index (χ0) is 18.5. The lowest BCUT2D eigenvalue weighted by molar-refractivity contribution is -0.148. The molecule has 5 heteroatoms. The molecule has 2 amide bonds. The van der Waals surface area contributed by atoms with Crippen molar-refractivity contribution < 1.29 is 9.59 Å². The van der Waals surface area contributed by atoms with Crippen LogP contribution in [-0.2, 0) is 15.0 Å². The molecule has 26 heavy (non-hydrogen) atoms. The van der Waals surface area contributed by atoms with Gasteiger partial charge < -0.3 is 14.7 Å². The minimum absolute atomic E-state index is 0.0817. The Bertz CT molecular complexity index is 705. The molecule has 0 bridgehead atoms. The molecule has 1 atom stereocenters. The van der Waals surface area contributed by atoms with Gasteiger partial charge in [-0.1, -0.05) is 30.3 Å². The van der Waals surface area contributed by atoms with E-state index in [9.17, 15) is 9.59 Å². The summed E-state index contributed by atoms with van der Waals surface area (Å²) in [6, 6.07) is 10.2. The van der Waals surface area contributed by atoms with Crippen molar-refractivity contribution in [3.63, 3.8) is 0 Å². The normalized spacial score (nSPS) is 25.5. The summed E-state index contributed by atoms with van der Waals surface area (Å²) >= 11 is 0. The number of nitrogens with zero attached hydrogens (tertiary/aromatic N) is 3. The largest absolute Gasteiger partial charge is 0.342 e. The Balaban J connectivity index is 1.48. The maximum Gasteiger partial charge on any atom is 0.233 e. The monoisotopic (exact) mass is 355 g/mol. The van der Waals surface area contributed by atoms with Crippen LogP contribution in [0.2, 0.25) is 0 Å². The van der Waals surface area contributed by atoms with Crippen LogP contribution in [0.25, 0.3) is 0 Å². The van der Waals surface area contributed by atoms with Crippen LogP contribution in [0.1, 0.15) is 25.3 Å². The number of carbonyl (C=O) groups is 2. The second kappa shape index (κ2) is 6.08. The molecule has 3 aliphatic rings. The fraction of sp³-hybridized carbons (Fsp3) is 0.619. The van der Waals surface area contributed by atoms with Gasteiger partial charge in [0.05, 0.1) is 5.41 Å². The van der Waals surface area contributed by atoms with Crippen LogP contribution >= 0.6 is 0 Å². The number of carbonyl (C=O) groups excluding carboxylic acids is 2. The number of amides is 2. The first kappa shape index (κ1) is 17.5. The Morgan fingerprint density at radius 2 is 1.69 bits per heavy atom. The van der Waals surface area contributed by atoms with E-state index in [0.29, 0.717) is 11.8 Å². The zero-order valence-corrected chi connectivity index (χ0v) is 16.1. The van der Waals surface area contributed by atoms with Crippen molar-refractivity contribution in [2.45, 2.75) is 25.2 Å². The molecule has 4 rings (SSSR count). The highest BCUT2D eigenvalue weighted by atomic mass is 16.2. The van der Waals surface area contributed by atoms with Crippen LogP contribution < -0.4 is 0 Å². The predicted molar refractivity (Wildman–Crippen MR) is 101 cm³/mol. The van der Waals surface area contributed by atoms with Crippen molar-refractivity contribution >= 4 is 11.8 Å². The molecule has 0 aromatic heterocycles. The highest BCUT2D eigenvalue weighted by molar-refractivity contribution is 5.92. The molecule has 2 aliphatic heterocycles. The van der Waals surface area contributed by atoms with Crippen molar-refractivity contribution in [3.05, 3.63) is 35.9 Å². The number of benzene rings is 1. The van der Waals surface area contributed by atoms with Crippen LogP contribution in [0.4, 0.5) is 0 Å². The average Bonchev–Trinajstić information content (AvgIpc) is 3.30. The van der Waals surface area contributed by atoms with Gasteiger partial charge in [-0.2, -0.15) is 0 Å². The molecule has 2 saturated heterocycles. The summed E-state index contributed by atoms with van der Waals surface area (Å²) in [5.74, 6) is 0.884. The molecule has 1 aromatic carbocycles. The first-order chi connectivity index (χ1) is 12.4. The second-order valence-corrected chi connectivity index (χ2v) is 8.83. The van der Waals surface area contributed by atoms with Gasteiger partial charge in [-0.25, -0.2) is 0 Å². The lowest BCUT2D eigenvalue weighted by Crippen LogP contribution is -2.64. The van der Waals surface area contributed by atoms with E-state index in [0.717, 1.165) is 51.1 Å². The highest BCUT2D eigenvalue weighted by Crippen LogP contribution is 2.53. The van der Waals surface area contributed by atoms with Gasteiger partial charge in [-0.15, -0.1) is 0 Å². The van der Waals surface area contributed by atoms with Gasteiger partial charge in [-0.3, -0.25) is 9.59 Å². The second-order valence-electron chi connectivity index (χ2n) is 8.83. The highest BCUT2D eigenvalue weighted by Gasteiger charge is 2.60. The molecule has 0 radical (unpaired) electrons. The molecule has 3 fully saturated rings. The van der Waals surface area contributed by atoms with Crippen molar-refractivity contribution in [2.24, 2.45) is 11.3 Å². The van der Waals surface area contributed by atoms with E-state index in [1.165, 1.54) is 0 Å². The first-order valence-corrected chi connectivity index (χ1v) is 9.61. The first-order valence-electron chi connectivity index (χ1n) is 9.61. The number of likely N-dealkylation sites (tertiary alicyclic amines) is 2. The molecule has 1 unspecified atom stereocenters. The SMILES string of the molecule is CC(=O)N1CC(CN(C)C)C2(C1)CN(C(=O)C1(c3ccccc3)CC1)C2. The summed E-state index contributed by atoms with van der Waals surface area (Å²) in [5, 5.41) is 0. The Hall–Kier alpha value is -1.88. The van der Waals surface area contributed by atoms with Gasteiger partial charge in [0.2, 0.25) is 11.8 Å². The van der Waals surface area contributed by atoms with Crippen LogP contribution in [0, 0.1) is 11.3 Å². The third-order valence-electron chi connectivity index (χ3n) is 6.63. The number of hydrogen-bond acceptors (Lipinski definition) is 3. The van der Waals surface area contributed by atoms with E-state index in [4.69, 9.17) is 0 Å². The summed E-state index contributed by atoms with van der Waals surface area (Å²) in [7, 11) is 4.17. The lowest BCUT2D eigenvalue weighted by atomic mass is 9.70. The topological polar surface area (TPSA) is 43.9 Å². The molecule has 0 N–H and O–H groups in total. The standard InChI is InChI=1S/C21H29N3O2/c1-16(25)23-12-18(11-22(2)3)20(13-23)14-24(15-20)19(26)21(9-10-21)17-7-5-4-6-8-17/h4-8,18H,9-15H2,1-3H3. The number of rotatable bonds is 4. The Morgan fingerprint density at radius 3 is 2.23 bits per heavy atom. The quantitative estimate of drug-likeness (QED) is 0.824. The van der Waals surface area contributed by atoms with Gasteiger partial charge in [0.1, 0.15) is 0 Å². The molecule has 5 nitrogen and oxygen atoms in total. The summed E-state index contributed by atoms with van der Waals surface area (Å²) < 4.78 is 0. The maximum atomic E-state index is 13.2. The van der Waals surface area contributed by atoms with E-state index in [1.807, 2.05) is 28.0 Å². The minimum atomic E-state index is -0.279. The number of hydrogen-bond donors (Lipinski definition) is 0. The molecule has 140 valence electrons. The molecule has 1 saturated carbocycles. The Kier molecular flexibility index (Phi) is 4.10. The summed E-state index contributed by atoms with van der Waals surface area (Å²) in [5.41, 5.74) is 0.963. The smallest absolute Gasteiger partial charge is 0.233 e. The van der Waals surface area contributed by atoms with Crippen LogP contribution in [0.15, 0.2) is 30.3 Å². The summed E-state index contributed by atoms with van der Waals surface area (Å²) in [6.07, 6.45) is 1.92. The van der Waals surface area contributed by atoms with Crippen molar-refractivity contribution in [1.29, 1.82) is 0 Å². The van der Waals surface area contributed by atoms with E-state index < -0.39 is 0 Å². The van der Waals surface area contributed by atoms with Gasteiger partial charge in [0, 0.05) is 45.1 Å². The van der Waals surface area contributed by atoms with Crippen LogP contribution in [-0.4, -0.2) is 73.3 Å². The fourth-order valence-electron chi connectivity index (χ4n) is 4.99. The fourth-order valence-corrected chi connectivity index (χ4v) is 4.99. The molecule has 1 aromatic rings. The van der Waals surface area contributed by atoms with Crippen LogP contribution in [0.5, 0.6) is 0 Å². The van der Waals surface area contributed by atoms with Crippen molar-refractivity contribution in [3.8, 4) is 0 Å². The molecular weight excluding hydrogens is 326 g/mol. The molecule has 1 aliphatic carbocycles. The average molecular weight is 355 g/mol. The predicted octanol–water partition coefficient (Wildman–Crippen LogP) is 1.59. The Morgan fingerprint density at radius 1 is 1.08 bits per heavy atom. The molecule has 1 spiro atoms. The van der Waals surface area contributed by atoms with Crippen molar-refractivity contribution in [2.75, 3.05) is 46.8 Å². The third-order valence-corrected chi connectivity index (χ3v) is 6.63. The summed E-state index contributed by atoms with van der Waals surface area (Å²) in [4.78, 5) is 31.4. The minimum Gasteiger partial charge on any atom is -0.342 e. The Labute approximate surface area is 155 Å². The van der Waals surface area contributed by atoms with Gasteiger partial charge in [0.25, 0.3) is 0 Å². The van der Waals surface area contributed by atoms with E-state index >= 15 is 0 Å². The summed E-state index contributed by atoms with van der Waals surface area (Å²) in [6.45, 7) is 5.82. The van der Waals surface area contributed by atoms with Crippen LogP contribution in [0.3, 0.4) is 0 Å². The maximum absolute atomic E-state index is 13.2. The third kappa shape index (κ3) is 2.73. The van der Waals surface area contributed by atoms with Gasteiger partial charge in [-0.05, 0) is 38.4 Å². The lowest BCUT2D eigenvalue weighted by Gasteiger charge is -2.52. The molecular formula is C21H29N3O2. The van der Waals surface area contributed by atoms with Crippen molar-refractivity contribution in [1.82, 2.24) is 14.7 Å². The van der Waals surface area contributed by atoms with Gasteiger partial charge >= 0.3 is 0 Å².